The molecule has 0 amide bonds. The number of fused-ring (bicyclic) bond motifs is 1. The molecule has 0 spiro atoms. The van der Waals surface area contributed by atoms with E-state index in [1.165, 1.54) is 17.5 Å². The normalized spacial score (nSPS) is 14.7. The summed E-state index contributed by atoms with van der Waals surface area (Å²) in [5.74, 6) is 1.68. The topological polar surface area (TPSA) is 43.6 Å². The van der Waals surface area contributed by atoms with E-state index in [0.29, 0.717) is 5.92 Å². The summed E-state index contributed by atoms with van der Waals surface area (Å²) in [6.07, 6.45) is 4.35. The van der Waals surface area contributed by atoms with E-state index in [0.717, 1.165) is 27.4 Å². The summed E-state index contributed by atoms with van der Waals surface area (Å²) in [5, 5.41) is 9.64. The molecule has 3 aromatic rings. The zero-order valence-electron chi connectivity index (χ0n) is 11.4. The molecule has 21 heavy (non-hydrogen) atoms. The van der Waals surface area contributed by atoms with Crippen molar-refractivity contribution in [2.45, 2.75) is 34.8 Å². The third kappa shape index (κ3) is 2.49. The molecule has 6 heteroatoms. The third-order valence-corrected chi connectivity index (χ3v) is 5.53. The van der Waals surface area contributed by atoms with E-state index in [1.54, 1.807) is 23.1 Å². The molecule has 2 aromatic heterocycles. The first kappa shape index (κ1) is 13.0. The van der Waals surface area contributed by atoms with E-state index < -0.39 is 0 Å². The molecule has 1 fully saturated rings. The Morgan fingerprint density at radius 3 is 2.95 bits per heavy atom. The molecule has 1 aliphatic rings. The van der Waals surface area contributed by atoms with Gasteiger partial charge in [0.2, 0.25) is 0 Å². The molecule has 0 N–H and O–H groups in total. The Morgan fingerprint density at radius 1 is 1.33 bits per heavy atom. The fourth-order valence-corrected chi connectivity index (χ4v) is 4.31. The number of allylic oxidation sites excluding steroid dienone is 1. The van der Waals surface area contributed by atoms with Crippen molar-refractivity contribution in [2.75, 3.05) is 0 Å². The minimum Gasteiger partial charge on any atom is -0.302 e. The van der Waals surface area contributed by atoms with Crippen molar-refractivity contribution < 1.29 is 0 Å². The standard InChI is InChI=1S/C15H14N4S2/c1-2-9-19-13(10-7-8-10)17-18-14(19)21-15-16-11-5-3-4-6-12(11)20-15/h2-6,10H,1,7-9H2. The monoisotopic (exact) mass is 314 g/mol. The highest BCUT2D eigenvalue weighted by atomic mass is 32.2. The maximum absolute atomic E-state index is 4.65. The molecular weight excluding hydrogens is 300 g/mol. The van der Waals surface area contributed by atoms with Crippen LogP contribution in [0.3, 0.4) is 0 Å². The van der Waals surface area contributed by atoms with Crippen molar-refractivity contribution >= 4 is 33.3 Å². The zero-order valence-corrected chi connectivity index (χ0v) is 13.0. The van der Waals surface area contributed by atoms with E-state index in [1.807, 2.05) is 24.3 Å². The van der Waals surface area contributed by atoms with Crippen LogP contribution in [0.5, 0.6) is 0 Å². The van der Waals surface area contributed by atoms with Gasteiger partial charge in [0.25, 0.3) is 0 Å². The van der Waals surface area contributed by atoms with Crippen LogP contribution in [0.1, 0.15) is 24.6 Å². The van der Waals surface area contributed by atoms with Gasteiger partial charge in [-0.15, -0.1) is 28.1 Å². The van der Waals surface area contributed by atoms with E-state index in [4.69, 9.17) is 0 Å². The van der Waals surface area contributed by atoms with Crippen molar-refractivity contribution in [1.82, 2.24) is 19.7 Å². The van der Waals surface area contributed by atoms with Crippen molar-refractivity contribution in [3.8, 4) is 0 Å². The van der Waals surface area contributed by atoms with Crippen LogP contribution in [0.2, 0.25) is 0 Å². The van der Waals surface area contributed by atoms with Crippen LogP contribution in [0.4, 0.5) is 0 Å². The van der Waals surface area contributed by atoms with Crippen LogP contribution in [0.25, 0.3) is 10.2 Å². The average Bonchev–Trinajstić information content (AvgIpc) is 3.14. The highest BCUT2D eigenvalue weighted by Gasteiger charge is 2.30. The third-order valence-electron chi connectivity index (χ3n) is 3.45. The average molecular weight is 314 g/mol. The maximum Gasteiger partial charge on any atom is 0.198 e. The lowest BCUT2D eigenvalue weighted by Crippen LogP contribution is -2.02. The van der Waals surface area contributed by atoms with Gasteiger partial charge in [-0.1, -0.05) is 18.2 Å². The number of para-hydroxylation sites is 1. The first-order chi connectivity index (χ1) is 10.3. The molecule has 0 bridgehead atoms. The lowest BCUT2D eigenvalue weighted by molar-refractivity contribution is 0.681. The largest absolute Gasteiger partial charge is 0.302 e. The number of benzene rings is 1. The van der Waals surface area contributed by atoms with Gasteiger partial charge < -0.3 is 4.57 Å². The molecule has 4 rings (SSSR count). The van der Waals surface area contributed by atoms with E-state index in [9.17, 15) is 0 Å². The molecule has 1 aromatic carbocycles. The predicted molar refractivity (Wildman–Crippen MR) is 85.9 cm³/mol. The molecule has 0 unspecified atom stereocenters. The second-order valence-corrected chi connectivity index (χ2v) is 7.31. The van der Waals surface area contributed by atoms with Crippen molar-refractivity contribution in [1.29, 1.82) is 0 Å². The summed E-state index contributed by atoms with van der Waals surface area (Å²) in [4.78, 5) is 4.65. The van der Waals surface area contributed by atoms with Crippen LogP contribution in [-0.2, 0) is 6.54 Å². The van der Waals surface area contributed by atoms with Gasteiger partial charge in [0, 0.05) is 12.5 Å². The van der Waals surface area contributed by atoms with Crippen LogP contribution >= 0.6 is 23.1 Å². The van der Waals surface area contributed by atoms with Gasteiger partial charge in [-0.25, -0.2) is 4.98 Å². The molecule has 0 aliphatic heterocycles. The van der Waals surface area contributed by atoms with Crippen LogP contribution in [0, 0.1) is 0 Å². The van der Waals surface area contributed by atoms with E-state index in [2.05, 4.69) is 32.4 Å². The Balaban J connectivity index is 1.68. The van der Waals surface area contributed by atoms with Gasteiger partial charge in [-0.05, 0) is 36.7 Å². The summed E-state index contributed by atoms with van der Waals surface area (Å²) >= 11 is 3.29. The summed E-state index contributed by atoms with van der Waals surface area (Å²) in [7, 11) is 0. The van der Waals surface area contributed by atoms with E-state index in [-0.39, 0.29) is 0 Å². The molecule has 0 atom stereocenters. The second kappa shape index (κ2) is 5.27. The summed E-state index contributed by atoms with van der Waals surface area (Å²) < 4.78 is 4.38. The zero-order chi connectivity index (χ0) is 14.2. The first-order valence-corrected chi connectivity index (χ1v) is 8.56. The molecule has 0 radical (unpaired) electrons. The molecule has 1 aliphatic carbocycles. The molecular formula is C15H14N4S2. The Morgan fingerprint density at radius 2 is 2.19 bits per heavy atom. The van der Waals surface area contributed by atoms with E-state index >= 15 is 0 Å². The smallest absolute Gasteiger partial charge is 0.198 e. The number of rotatable bonds is 5. The quantitative estimate of drug-likeness (QED) is 0.665. The predicted octanol–water partition coefficient (Wildman–Crippen LogP) is 4.10. The highest BCUT2D eigenvalue weighted by Crippen LogP contribution is 2.41. The molecule has 2 heterocycles. The van der Waals surface area contributed by atoms with Crippen molar-refractivity contribution in [3.05, 3.63) is 42.7 Å². The Kier molecular flexibility index (Phi) is 3.27. The van der Waals surface area contributed by atoms with Crippen LogP contribution < -0.4 is 0 Å². The number of thiazole rings is 1. The summed E-state index contributed by atoms with van der Waals surface area (Å²) in [6.45, 7) is 4.60. The lowest BCUT2D eigenvalue weighted by atomic mass is 10.3. The Labute approximate surface area is 130 Å². The lowest BCUT2D eigenvalue weighted by Gasteiger charge is -2.05. The second-order valence-electron chi connectivity index (χ2n) is 5.06. The minimum absolute atomic E-state index is 0.585. The minimum atomic E-state index is 0.585. The Bertz CT molecular complexity index is 768. The molecule has 1 saturated carbocycles. The number of nitrogens with zero attached hydrogens (tertiary/aromatic N) is 4. The highest BCUT2D eigenvalue weighted by molar-refractivity contribution is 8.01. The van der Waals surface area contributed by atoms with Crippen LogP contribution in [-0.4, -0.2) is 19.7 Å². The summed E-state index contributed by atoms with van der Waals surface area (Å²) in [6, 6.07) is 8.20. The summed E-state index contributed by atoms with van der Waals surface area (Å²) in [5.41, 5.74) is 1.04. The molecule has 106 valence electrons. The fraction of sp³-hybridized carbons (Fsp3) is 0.267. The SMILES string of the molecule is C=CCn1c(Sc2nc3ccccc3s2)nnc1C1CC1. The number of aromatic nitrogens is 4. The van der Waals surface area contributed by atoms with Gasteiger partial charge in [0.1, 0.15) is 5.82 Å². The molecule has 4 nitrogen and oxygen atoms in total. The van der Waals surface area contributed by atoms with Gasteiger partial charge in [0.05, 0.1) is 10.2 Å². The Hall–Kier alpha value is -1.66. The van der Waals surface area contributed by atoms with Crippen molar-refractivity contribution in [2.24, 2.45) is 0 Å². The van der Waals surface area contributed by atoms with Gasteiger partial charge >= 0.3 is 0 Å². The van der Waals surface area contributed by atoms with Gasteiger partial charge in [-0.2, -0.15) is 0 Å². The fourth-order valence-electron chi connectivity index (χ4n) is 2.29. The number of hydrogen-bond acceptors (Lipinski definition) is 5. The molecule has 0 saturated heterocycles. The van der Waals surface area contributed by atoms with Gasteiger partial charge in [-0.3, -0.25) is 0 Å². The van der Waals surface area contributed by atoms with Crippen molar-refractivity contribution in [3.63, 3.8) is 0 Å². The van der Waals surface area contributed by atoms with Gasteiger partial charge in [0.15, 0.2) is 9.50 Å². The first-order valence-electron chi connectivity index (χ1n) is 6.92. The van der Waals surface area contributed by atoms with Crippen LogP contribution in [0.15, 0.2) is 46.4 Å². The maximum atomic E-state index is 4.65. The number of hydrogen-bond donors (Lipinski definition) is 0.